The molecule has 2 aromatic heterocycles. The highest BCUT2D eigenvalue weighted by Gasteiger charge is 2.17. The van der Waals surface area contributed by atoms with Gasteiger partial charge in [0.05, 0.1) is 12.1 Å². The fourth-order valence-corrected chi connectivity index (χ4v) is 2.84. The van der Waals surface area contributed by atoms with Crippen molar-refractivity contribution in [2.24, 2.45) is 0 Å². The number of nitrogens with zero attached hydrogens (tertiary/aromatic N) is 4. The largest absolute Gasteiger partial charge is 0.354 e. The Morgan fingerprint density at radius 3 is 2.38 bits per heavy atom. The summed E-state index contributed by atoms with van der Waals surface area (Å²) in [5.74, 6) is 0.544. The maximum Gasteiger partial charge on any atom is 0.251 e. The third kappa shape index (κ3) is 5.51. The SMILES string of the molecule is CCN[C@H](C)CNC(=O)Cc1c(C)nn(-c2nc(C)cc(C)n2)c1C.Cl. The Bertz CT molecular complexity index is 738. The number of halogens is 1. The van der Waals surface area contributed by atoms with Crippen molar-refractivity contribution in [1.82, 2.24) is 30.4 Å². The van der Waals surface area contributed by atoms with E-state index in [4.69, 9.17) is 0 Å². The van der Waals surface area contributed by atoms with Gasteiger partial charge in [-0.1, -0.05) is 6.92 Å². The van der Waals surface area contributed by atoms with Crippen molar-refractivity contribution in [3.63, 3.8) is 0 Å². The van der Waals surface area contributed by atoms with Gasteiger partial charge in [0.2, 0.25) is 5.91 Å². The minimum Gasteiger partial charge on any atom is -0.354 e. The Morgan fingerprint density at radius 1 is 1.19 bits per heavy atom. The maximum absolute atomic E-state index is 12.3. The smallest absolute Gasteiger partial charge is 0.251 e. The molecular weight excluding hydrogens is 352 g/mol. The van der Waals surface area contributed by atoms with Gasteiger partial charge in [-0.15, -0.1) is 12.4 Å². The number of nitrogens with one attached hydrogen (secondary N) is 2. The third-order valence-corrected chi connectivity index (χ3v) is 4.10. The second-order valence-corrected chi connectivity index (χ2v) is 6.45. The predicted octanol–water partition coefficient (Wildman–Crippen LogP) is 1.97. The fourth-order valence-electron chi connectivity index (χ4n) is 2.84. The van der Waals surface area contributed by atoms with E-state index in [2.05, 4.69) is 39.5 Å². The zero-order chi connectivity index (χ0) is 18.6. The van der Waals surface area contributed by atoms with Crippen molar-refractivity contribution < 1.29 is 4.79 Å². The molecule has 0 unspecified atom stereocenters. The zero-order valence-electron chi connectivity index (χ0n) is 16.4. The second-order valence-electron chi connectivity index (χ2n) is 6.45. The van der Waals surface area contributed by atoms with Crippen LogP contribution in [0.5, 0.6) is 0 Å². The van der Waals surface area contributed by atoms with Crippen LogP contribution in [0.1, 0.15) is 42.2 Å². The van der Waals surface area contributed by atoms with E-state index in [1.165, 1.54) is 0 Å². The van der Waals surface area contributed by atoms with Gasteiger partial charge in [-0.2, -0.15) is 5.10 Å². The predicted molar refractivity (Wildman–Crippen MR) is 105 cm³/mol. The topological polar surface area (TPSA) is 84.7 Å². The number of hydrogen-bond acceptors (Lipinski definition) is 5. The molecule has 7 nitrogen and oxygen atoms in total. The second kappa shape index (κ2) is 9.64. The molecule has 0 radical (unpaired) electrons. The van der Waals surface area contributed by atoms with Crippen LogP contribution >= 0.6 is 12.4 Å². The van der Waals surface area contributed by atoms with Gasteiger partial charge in [-0.25, -0.2) is 14.6 Å². The molecule has 0 bridgehead atoms. The lowest BCUT2D eigenvalue weighted by Gasteiger charge is -2.13. The van der Waals surface area contributed by atoms with Crippen LogP contribution in [-0.2, 0) is 11.2 Å². The highest BCUT2D eigenvalue weighted by atomic mass is 35.5. The third-order valence-electron chi connectivity index (χ3n) is 4.10. The molecule has 0 aliphatic heterocycles. The van der Waals surface area contributed by atoms with Crippen molar-refractivity contribution in [2.45, 2.75) is 54.0 Å². The summed E-state index contributed by atoms with van der Waals surface area (Å²) in [7, 11) is 0. The summed E-state index contributed by atoms with van der Waals surface area (Å²) in [5.41, 5.74) is 4.45. The number of rotatable bonds is 7. The first-order chi connectivity index (χ1) is 11.8. The maximum atomic E-state index is 12.3. The lowest BCUT2D eigenvalue weighted by atomic mass is 10.1. The standard InChI is InChI=1S/C18H28N6O.ClH/c1-7-19-13(4)10-20-17(25)9-16-14(5)23-24(15(16)6)18-21-11(2)8-12(3)22-18;/h8,13,19H,7,9-10H2,1-6H3,(H,20,25);1H/t13-;/m1./s1. The Kier molecular flexibility index (Phi) is 8.17. The Labute approximate surface area is 161 Å². The molecule has 0 saturated carbocycles. The molecule has 2 heterocycles. The highest BCUT2D eigenvalue weighted by Crippen LogP contribution is 2.17. The zero-order valence-corrected chi connectivity index (χ0v) is 17.2. The number of hydrogen-bond donors (Lipinski definition) is 2. The average Bonchev–Trinajstić information content (AvgIpc) is 2.80. The number of aryl methyl sites for hydroxylation is 3. The number of carbonyl (C=O) groups is 1. The van der Waals surface area contributed by atoms with Crippen molar-refractivity contribution >= 4 is 18.3 Å². The van der Waals surface area contributed by atoms with Gasteiger partial charge >= 0.3 is 0 Å². The first-order valence-corrected chi connectivity index (χ1v) is 8.69. The van der Waals surface area contributed by atoms with Crippen LogP contribution in [0.2, 0.25) is 0 Å². The molecule has 1 atom stereocenters. The Balaban J connectivity index is 0.00000338. The van der Waals surface area contributed by atoms with E-state index in [1.807, 2.05) is 33.8 Å². The van der Waals surface area contributed by atoms with Crippen LogP contribution in [0, 0.1) is 27.7 Å². The van der Waals surface area contributed by atoms with E-state index in [0.29, 0.717) is 18.9 Å². The molecule has 0 saturated heterocycles. The van der Waals surface area contributed by atoms with E-state index in [9.17, 15) is 4.79 Å². The lowest BCUT2D eigenvalue weighted by molar-refractivity contribution is -0.120. The Morgan fingerprint density at radius 2 is 1.81 bits per heavy atom. The summed E-state index contributed by atoms with van der Waals surface area (Å²) in [4.78, 5) is 21.2. The molecule has 0 aliphatic rings. The molecule has 144 valence electrons. The van der Waals surface area contributed by atoms with Gasteiger partial charge in [0.25, 0.3) is 5.95 Å². The van der Waals surface area contributed by atoms with E-state index < -0.39 is 0 Å². The molecular formula is C18H29ClN6O. The first kappa shape index (κ1) is 22.1. The molecule has 8 heteroatoms. The quantitative estimate of drug-likeness (QED) is 0.767. The van der Waals surface area contributed by atoms with Crippen LogP contribution in [-0.4, -0.2) is 44.8 Å². The van der Waals surface area contributed by atoms with Crippen molar-refractivity contribution in [3.05, 3.63) is 34.4 Å². The van der Waals surface area contributed by atoms with E-state index in [0.717, 1.165) is 34.9 Å². The van der Waals surface area contributed by atoms with Crippen molar-refractivity contribution in [1.29, 1.82) is 0 Å². The van der Waals surface area contributed by atoms with Gasteiger partial charge in [0.1, 0.15) is 0 Å². The number of carbonyl (C=O) groups excluding carboxylic acids is 1. The number of amides is 1. The summed E-state index contributed by atoms with van der Waals surface area (Å²) in [5, 5.41) is 10.8. The van der Waals surface area contributed by atoms with E-state index in [1.54, 1.807) is 4.68 Å². The van der Waals surface area contributed by atoms with Gasteiger partial charge < -0.3 is 10.6 Å². The molecule has 2 rings (SSSR count). The first-order valence-electron chi connectivity index (χ1n) is 8.69. The summed E-state index contributed by atoms with van der Waals surface area (Å²) < 4.78 is 1.72. The summed E-state index contributed by atoms with van der Waals surface area (Å²) in [6.07, 6.45) is 0.307. The number of aromatic nitrogens is 4. The van der Waals surface area contributed by atoms with Gasteiger partial charge in [-0.3, -0.25) is 4.79 Å². The fraction of sp³-hybridized carbons (Fsp3) is 0.556. The molecule has 0 spiro atoms. The lowest BCUT2D eigenvalue weighted by Crippen LogP contribution is -2.39. The van der Waals surface area contributed by atoms with Gasteiger partial charge in [0.15, 0.2) is 0 Å². The average molecular weight is 381 g/mol. The van der Waals surface area contributed by atoms with E-state index >= 15 is 0 Å². The minimum atomic E-state index is -0.00292. The molecule has 1 amide bonds. The van der Waals surface area contributed by atoms with E-state index in [-0.39, 0.29) is 24.4 Å². The van der Waals surface area contributed by atoms with Crippen LogP contribution < -0.4 is 10.6 Å². The molecule has 2 aromatic rings. The van der Waals surface area contributed by atoms with Gasteiger partial charge in [0, 0.05) is 35.2 Å². The molecule has 2 N–H and O–H groups in total. The van der Waals surface area contributed by atoms with Gasteiger partial charge in [-0.05, 0) is 47.2 Å². The molecule has 0 fully saturated rings. The summed E-state index contributed by atoms with van der Waals surface area (Å²) in [6, 6.07) is 2.18. The van der Waals surface area contributed by atoms with Crippen LogP contribution in [0.15, 0.2) is 6.07 Å². The monoisotopic (exact) mass is 380 g/mol. The molecule has 0 aliphatic carbocycles. The molecule has 26 heavy (non-hydrogen) atoms. The van der Waals surface area contributed by atoms with Crippen molar-refractivity contribution in [2.75, 3.05) is 13.1 Å². The summed E-state index contributed by atoms with van der Waals surface area (Å²) in [6.45, 7) is 13.3. The van der Waals surface area contributed by atoms with Crippen molar-refractivity contribution in [3.8, 4) is 5.95 Å². The number of likely N-dealkylation sites (N-methyl/N-ethyl adjacent to an activating group) is 1. The van der Waals surface area contributed by atoms with Crippen LogP contribution in [0.4, 0.5) is 0 Å². The normalized spacial score (nSPS) is 11.8. The molecule has 0 aromatic carbocycles. The van der Waals surface area contributed by atoms with Crippen LogP contribution in [0.3, 0.4) is 0 Å². The van der Waals surface area contributed by atoms with Crippen LogP contribution in [0.25, 0.3) is 5.95 Å². The highest BCUT2D eigenvalue weighted by molar-refractivity contribution is 5.85. The Hall–Kier alpha value is -1.99. The summed E-state index contributed by atoms with van der Waals surface area (Å²) >= 11 is 0. The minimum absolute atomic E-state index is 0.